The van der Waals surface area contributed by atoms with Gasteiger partial charge in [0.2, 0.25) is 24.6 Å². The summed E-state index contributed by atoms with van der Waals surface area (Å²) in [5.74, 6) is 0.409. The molecule has 2 aromatic rings. The molecule has 0 aromatic heterocycles. The van der Waals surface area contributed by atoms with Gasteiger partial charge in [-0.2, -0.15) is 0 Å². The number of methoxy groups -OCH3 is 3. The van der Waals surface area contributed by atoms with E-state index in [0.29, 0.717) is 46.1 Å². The minimum absolute atomic E-state index is 0.0903. The van der Waals surface area contributed by atoms with Gasteiger partial charge in [-0.1, -0.05) is 0 Å². The van der Waals surface area contributed by atoms with Crippen molar-refractivity contribution < 1.29 is 63.1 Å². The van der Waals surface area contributed by atoms with Crippen molar-refractivity contribution in [2.75, 3.05) is 41.3 Å². The normalized spacial score (nSPS) is 31.6. The Morgan fingerprint density at radius 3 is 2.29 bits per heavy atom. The lowest BCUT2D eigenvalue weighted by atomic mass is 9.67. The topological polar surface area (TPSA) is 172 Å². The lowest BCUT2D eigenvalue weighted by molar-refractivity contribution is -0.277. The summed E-state index contributed by atoms with van der Waals surface area (Å²) in [4.78, 5) is 13.1. The molecule has 4 aliphatic rings. The van der Waals surface area contributed by atoms with Crippen LogP contribution in [0.3, 0.4) is 0 Å². The fourth-order valence-corrected chi connectivity index (χ4v) is 6.26. The van der Waals surface area contributed by atoms with Crippen molar-refractivity contribution in [1.82, 2.24) is 0 Å². The largest absolute Gasteiger partial charge is 0.493 e. The molecule has 3 heterocycles. The summed E-state index contributed by atoms with van der Waals surface area (Å²) in [6.07, 6.45) is -7.06. The van der Waals surface area contributed by atoms with Gasteiger partial charge in [-0.3, -0.25) is 4.79 Å². The van der Waals surface area contributed by atoms with Crippen LogP contribution in [0, 0.1) is 11.8 Å². The molecule has 6 rings (SSSR count). The van der Waals surface area contributed by atoms with Crippen LogP contribution in [0.2, 0.25) is 0 Å². The first kappa shape index (κ1) is 27.7. The van der Waals surface area contributed by atoms with Gasteiger partial charge in [-0.05, 0) is 35.7 Å². The Labute approximate surface area is 235 Å². The van der Waals surface area contributed by atoms with Crippen LogP contribution in [0.1, 0.15) is 22.6 Å². The van der Waals surface area contributed by atoms with E-state index in [-0.39, 0.29) is 36.8 Å². The monoisotopic (exact) mass is 576 g/mol. The van der Waals surface area contributed by atoms with Gasteiger partial charge in [0, 0.05) is 17.4 Å². The summed E-state index contributed by atoms with van der Waals surface area (Å²) >= 11 is 0. The average Bonchev–Trinajstić information content (AvgIpc) is 3.61. The number of aliphatic hydroxyl groups is 4. The van der Waals surface area contributed by atoms with E-state index in [2.05, 4.69) is 0 Å². The zero-order valence-corrected chi connectivity index (χ0v) is 22.6. The van der Waals surface area contributed by atoms with Crippen LogP contribution in [-0.2, 0) is 20.7 Å². The highest BCUT2D eigenvalue weighted by molar-refractivity contribution is 5.79. The second-order valence-corrected chi connectivity index (χ2v) is 10.4. The molecule has 0 radical (unpaired) electrons. The van der Waals surface area contributed by atoms with E-state index < -0.39 is 49.1 Å². The maximum atomic E-state index is 13.1. The molecule has 222 valence electrons. The van der Waals surface area contributed by atoms with Gasteiger partial charge < -0.3 is 58.3 Å². The molecule has 0 unspecified atom stereocenters. The molecule has 0 saturated carbocycles. The summed E-state index contributed by atoms with van der Waals surface area (Å²) in [5, 5.41) is 40.9. The van der Waals surface area contributed by atoms with Gasteiger partial charge in [-0.25, -0.2) is 0 Å². The average molecular weight is 577 g/mol. The van der Waals surface area contributed by atoms with E-state index in [9.17, 15) is 25.2 Å². The Kier molecular flexibility index (Phi) is 7.24. The van der Waals surface area contributed by atoms with Crippen molar-refractivity contribution in [3.63, 3.8) is 0 Å². The zero-order chi connectivity index (χ0) is 29.0. The molecule has 8 atom stereocenters. The molecular weight excluding hydrogens is 544 g/mol. The third-order valence-electron chi connectivity index (χ3n) is 8.27. The predicted molar refractivity (Wildman–Crippen MR) is 137 cm³/mol. The molecule has 13 heteroatoms. The summed E-state index contributed by atoms with van der Waals surface area (Å²) < 4.78 is 45.5. The SMILES string of the molecule is COc1cc([C@H]2c3cc4c(c(O[C@@H]5O[C@@H](CO)[C@@H](O)[C@@H](O)[C@H]5O)c3C[C@@H]3COC(=O)[C@@H]32)OCO4)cc(OC)c1OC. The van der Waals surface area contributed by atoms with Crippen molar-refractivity contribution in [2.24, 2.45) is 11.8 Å². The van der Waals surface area contributed by atoms with Crippen LogP contribution in [0.25, 0.3) is 0 Å². The standard InChI is InChI=1S/C28H32O13/c1-34-15-5-11(6-16(35-2)25(15)36-3)19-13-7-17-26(39-10-38-17)24(14(13)4-12-9-37-27(33)20(12)19)41-28-23(32)22(31)21(30)18(8-29)40-28/h5-7,12,18-23,28-32H,4,8-10H2,1-3H3/t12-,18+,19+,20+,21-,22-,23-,28+/m1/s1. The zero-order valence-electron chi connectivity index (χ0n) is 22.6. The number of benzene rings is 2. The van der Waals surface area contributed by atoms with Crippen LogP contribution < -0.4 is 28.4 Å². The molecule has 0 spiro atoms. The van der Waals surface area contributed by atoms with Crippen molar-refractivity contribution >= 4 is 5.97 Å². The van der Waals surface area contributed by atoms with Gasteiger partial charge >= 0.3 is 5.97 Å². The van der Waals surface area contributed by atoms with Crippen molar-refractivity contribution in [1.29, 1.82) is 0 Å². The molecule has 41 heavy (non-hydrogen) atoms. The van der Waals surface area contributed by atoms with Gasteiger partial charge in [-0.15, -0.1) is 0 Å². The number of cyclic esters (lactones) is 1. The minimum Gasteiger partial charge on any atom is -0.493 e. The number of aliphatic hydroxyl groups excluding tert-OH is 4. The summed E-state index contributed by atoms with van der Waals surface area (Å²) in [5.41, 5.74) is 2.07. The van der Waals surface area contributed by atoms with E-state index >= 15 is 0 Å². The fourth-order valence-electron chi connectivity index (χ4n) is 6.26. The number of carbonyl (C=O) groups is 1. The molecule has 4 N–H and O–H groups in total. The highest BCUT2D eigenvalue weighted by Gasteiger charge is 2.51. The predicted octanol–water partition coefficient (Wildman–Crippen LogP) is 0.0970. The fraction of sp³-hybridized carbons (Fsp3) is 0.536. The number of fused-ring (bicyclic) bond motifs is 3. The quantitative estimate of drug-likeness (QED) is 0.327. The molecule has 0 amide bonds. The molecule has 13 nitrogen and oxygen atoms in total. The summed E-state index contributed by atoms with van der Waals surface area (Å²) in [6, 6.07) is 5.37. The minimum atomic E-state index is -1.64. The third-order valence-corrected chi connectivity index (χ3v) is 8.27. The van der Waals surface area contributed by atoms with E-state index in [1.165, 1.54) is 21.3 Å². The second-order valence-electron chi connectivity index (χ2n) is 10.4. The third kappa shape index (κ3) is 4.39. The Hall–Kier alpha value is -3.49. The number of esters is 1. The van der Waals surface area contributed by atoms with Gasteiger partial charge in [0.25, 0.3) is 0 Å². The Bertz CT molecular complexity index is 1300. The molecule has 0 bridgehead atoms. The first-order valence-corrected chi connectivity index (χ1v) is 13.2. The molecule has 3 aliphatic heterocycles. The van der Waals surface area contributed by atoms with E-state index in [1.807, 2.05) is 0 Å². The Morgan fingerprint density at radius 2 is 1.63 bits per heavy atom. The number of carbonyl (C=O) groups excluding carboxylic acids is 1. The summed E-state index contributed by atoms with van der Waals surface area (Å²) in [7, 11) is 4.52. The highest BCUT2D eigenvalue weighted by Crippen LogP contribution is 2.56. The van der Waals surface area contributed by atoms with E-state index in [0.717, 1.165) is 0 Å². The molecule has 2 fully saturated rings. The van der Waals surface area contributed by atoms with Crippen LogP contribution in [0.4, 0.5) is 0 Å². The van der Waals surface area contributed by atoms with Crippen molar-refractivity contribution in [3.05, 3.63) is 34.9 Å². The van der Waals surface area contributed by atoms with Gasteiger partial charge in [0.15, 0.2) is 23.0 Å². The van der Waals surface area contributed by atoms with Crippen LogP contribution in [0.5, 0.6) is 34.5 Å². The van der Waals surface area contributed by atoms with Crippen LogP contribution in [-0.4, -0.2) is 98.4 Å². The number of hydrogen-bond acceptors (Lipinski definition) is 13. The molecule has 2 aromatic carbocycles. The van der Waals surface area contributed by atoms with Gasteiger partial charge in [0.05, 0.1) is 40.5 Å². The molecule has 2 saturated heterocycles. The number of rotatable bonds is 7. The van der Waals surface area contributed by atoms with Gasteiger partial charge in [0.1, 0.15) is 24.4 Å². The lowest BCUT2D eigenvalue weighted by Crippen LogP contribution is -2.60. The van der Waals surface area contributed by atoms with E-state index in [4.69, 9.17) is 37.9 Å². The highest BCUT2D eigenvalue weighted by atomic mass is 16.7. The first-order valence-electron chi connectivity index (χ1n) is 13.2. The summed E-state index contributed by atoms with van der Waals surface area (Å²) in [6.45, 7) is -0.507. The second kappa shape index (κ2) is 10.7. The number of ether oxygens (including phenoxy) is 8. The Morgan fingerprint density at radius 1 is 0.902 bits per heavy atom. The lowest BCUT2D eigenvalue weighted by Gasteiger charge is -2.40. The smallest absolute Gasteiger partial charge is 0.310 e. The van der Waals surface area contributed by atoms with Crippen molar-refractivity contribution in [3.8, 4) is 34.5 Å². The molecule has 1 aliphatic carbocycles. The van der Waals surface area contributed by atoms with Crippen LogP contribution in [0.15, 0.2) is 18.2 Å². The Balaban J connectivity index is 1.51. The maximum Gasteiger partial charge on any atom is 0.310 e. The first-order chi connectivity index (χ1) is 19.8. The van der Waals surface area contributed by atoms with Crippen LogP contribution >= 0.6 is 0 Å². The molecular formula is C28H32O13. The van der Waals surface area contributed by atoms with Crippen molar-refractivity contribution in [2.45, 2.75) is 43.0 Å². The maximum absolute atomic E-state index is 13.1. The van der Waals surface area contributed by atoms with E-state index in [1.54, 1.807) is 18.2 Å². The number of hydrogen-bond donors (Lipinski definition) is 4.